The summed E-state index contributed by atoms with van der Waals surface area (Å²) >= 11 is 0. The number of carbonyl (C=O) groups excluding carboxylic acids is 2. The van der Waals surface area contributed by atoms with Crippen molar-refractivity contribution >= 4 is 23.3 Å². The highest BCUT2D eigenvalue weighted by Gasteiger charge is 2.32. The number of non-ortho nitro benzene ring substituents is 2. The van der Waals surface area contributed by atoms with Crippen LogP contribution in [-0.2, 0) is 9.53 Å². The molecule has 0 saturated heterocycles. The van der Waals surface area contributed by atoms with Crippen LogP contribution in [-0.4, -0.2) is 46.3 Å². The summed E-state index contributed by atoms with van der Waals surface area (Å²) in [6.07, 6.45) is 3.35. The van der Waals surface area contributed by atoms with Crippen molar-refractivity contribution in [2.75, 3.05) is 13.7 Å². The average Bonchev–Trinajstić information content (AvgIpc) is 3.18. The van der Waals surface area contributed by atoms with Crippen molar-refractivity contribution < 1.29 is 24.2 Å². The second-order valence-electron chi connectivity index (χ2n) is 6.57. The molecular weight excluding hydrogens is 358 g/mol. The first kappa shape index (κ1) is 20.3. The number of nitrogens with zero attached hydrogens (tertiary/aromatic N) is 3. The number of hydrogen-bond donors (Lipinski definition) is 0. The van der Waals surface area contributed by atoms with E-state index in [9.17, 15) is 29.8 Å². The van der Waals surface area contributed by atoms with Crippen LogP contribution >= 0.6 is 0 Å². The van der Waals surface area contributed by atoms with Crippen LogP contribution in [0, 0.1) is 26.1 Å². The lowest BCUT2D eigenvalue weighted by atomic mass is 10.1. The van der Waals surface area contributed by atoms with E-state index in [0.29, 0.717) is 0 Å². The van der Waals surface area contributed by atoms with Crippen molar-refractivity contribution in [3.63, 3.8) is 0 Å². The zero-order valence-electron chi connectivity index (χ0n) is 15.1. The van der Waals surface area contributed by atoms with Gasteiger partial charge in [0.15, 0.2) is 0 Å². The Labute approximate surface area is 155 Å². The molecule has 0 spiro atoms. The SMILES string of the molecule is COC(=O)C(C)CN(C(=O)c1cc([N+](=O)[O-])cc([N+](=O)[O-])c1)C1CCCC1. The maximum absolute atomic E-state index is 13.1. The molecule has 1 unspecified atom stereocenters. The molecule has 27 heavy (non-hydrogen) atoms. The van der Waals surface area contributed by atoms with Crippen LogP contribution in [0.25, 0.3) is 0 Å². The molecule has 0 aliphatic heterocycles. The molecule has 1 aliphatic rings. The van der Waals surface area contributed by atoms with Crippen LogP contribution in [0.1, 0.15) is 43.0 Å². The van der Waals surface area contributed by atoms with Crippen molar-refractivity contribution in [2.24, 2.45) is 5.92 Å². The van der Waals surface area contributed by atoms with Gasteiger partial charge < -0.3 is 9.64 Å². The molecule has 0 N–H and O–H groups in total. The van der Waals surface area contributed by atoms with E-state index in [4.69, 9.17) is 4.74 Å². The number of amides is 1. The molecule has 0 aromatic heterocycles. The van der Waals surface area contributed by atoms with Gasteiger partial charge in [-0.25, -0.2) is 0 Å². The van der Waals surface area contributed by atoms with Gasteiger partial charge in [-0.3, -0.25) is 29.8 Å². The van der Waals surface area contributed by atoms with Gasteiger partial charge in [-0.2, -0.15) is 0 Å². The normalized spacial score (nSPS) is 15.2. The zero-order valence-corrected chi connectivity index (χ0v) is 15.1. The summed E-state index contributed by atoms with van der Waals surface area (Å²) in [5.41, 5.74) is -1.19. The van der Waals surface area contributed by atoms with E-state index < -0.39 is 39.0 Å². The number of methoxy groups -OCH3 is 1. The summed E-state index contributed by atoms with van der Waals surface area (Å²) in [5, 5.41) is 22.2. The lowest BCUT2D eigenvalue weighted by Gasteiger charge is -2.30. The van der Waals surface area contributed by atoms with Gasteiger partial charge in [0, 0.05) is 24.7 Å². The standard InChI is InChI=1S/C17H21N3O7/c1-11(17(22)27-2)10-18(13-5-3-4-6-13)16(21)12-7-14(19(23)24)9-15(8-12)20(25)26/h7-9,11,13H,3-6,10H2,1-2H3. The van der Waals surface area contributed by atoms with Crippen LogP contribution in [0.3, 0.4) is 0 Å². The third-order valence-electron chi connectivity index (χ3n) is 4.67. The van der Waals surface area contributed by atoms with Crippen LogP contribution in [0.2, 0.25) is 0 Å². The van der Waals surface area contributed by atoms with Crippen LogP contribution in [0.15, 0.2) is 18.2 Å². The van der Waals surface area contributed by atoms with Gasteiger partial charge in [-0.15, -0.1) is 0 Å². The number of hydrogen-bond acceptors (Lipinski definition) is 7. The fraction of sp³-hybridized carbons (Fsp3) is 0.529. The van der Waals surface area contributed by atoms with Gasteiger partial charge in [-0.05, 0) is 12.8 Å². The van der Waals surface area contributed by atoms with E-state index in [1.807, 2.05) is 0 Å². The van der Waals surface area contributed by atoms with Crippen LogP contribution in [0.4, 0.5) is 11.4 Å². The van der Waals surface area contributed by atoms with Crippen LogP contribution in [0.5, 0.6) is 0 Å². The van der Waals surface area contributed by atoms with Gasteiger partial charge in [0.05, 0.1) is 34.5 Å². The van der Waals surface area contributed by atoms with E-state index in [1.165, 1.54) is 12.0 Å². The largest absolute Gasteiger partial charge is 0.469 e. The fourth-order valence-corrected chi connectivity index (χ4v) is 3.28. The molecule has 0 heterocycles. The van der Waals surface area contributed by atoms with E-state index in [0.717, 1.165) is 43.9 Å². The molecular formula is C17H21N3O7. The van der Waals surface area contributed by atoms with Crippen molar-refractivity contribution in [1.29, 1.82) is 0 Å². The lowest BCUT2D eigenvalue weighted by Crippen LogP contribution is -2.43. The smallest absolute Gasteiger partial charge is 0.310 e. The molecule has 10 nitrogen and oxygen atoms in total. The van der Waals surface area contributed by atoms with Gasteiger partial charge in [0.25, 0.3) is 17.3 Å². The maximum atomic E-state index is 13.1. The molecule has 2 rings (SSSR count). The molecule has 1 aliphatic carbocycles. The first-order valence-electron chi connectivity index (χ1n) is 8.57. The number of nitro benzene ring substituents is 2. The Morgan fingerprint density at radius 1 is 1.15 bits per heavy atom. The Morgan fingerprint density at radius 2 is 1.67 bits per heavy atom. The number of nitro groups is 2. The Morgan fingerprint density at radius 3 is 2.11 bits per heavy atom. The monoisotopic (exact) mass is 379 g/mol. The maximum Gasteiger partial charge on any atom is 0.310 e. The lowest BCUT2D eigenvalue weighted by molar-refractivity contribution is -0.394. The first-order chi connectivity index (χ1) is 12.7. The van der Waals surface area contributed by atoms with Crippen molar-refractivity contribution in [2.45, 2.75) is 38.6 Å². The Hall–Kier alpha value is -3.04. The second kappa shape index (κ2) is 8.56. The molecule has 146 valence electrons. The number of benzene rings is 1. The summed E-state index contributed by atoms with van der Waals surface area (Å²) in [6.45, 7) is 1.70. The minimum absolute atomic E-state index is 0.0761. The predicted molar refractivity (Wildman–Crippen MR) is 94.2 cm³/mol. The van der Waals surface area contributed by atoms with Crippen molar-refractivity contribution in [1.82, 2.24) is 4.90 Å². The van der Waals surface area contributed by atoms with Crippen molar-refractivity contribution in [3.8, 4) is 0 Å². The fourth-order valence-electron chi connectivity index (χ4n) is 3.28. The van der Waals surface area contributed by atoms with Gasteiger partial charge in [0.2, 0.25) is 0 Å². The topological polar surface area (TPSA) is 133 Å². The number of carbonyl (C=O) groups is 2. The molecule has 10 heteroatoms. The number of ether oxygens (including phenoxy) is 1. The third-order valence-corrected chi connectivity index (χ3v) is 4.67. The summed E-state index contributed by atoms with van der Waals surface area (Å²) in [7, 11) is 1.25. The minimum atomic E-state index is -0.777. The average molecular weight is 379 g/mol. The second-order valence-corrected chi connectivity index (χ2v) is 6.57. The summed E-state index contributed by atoms with van der Waals surface area (Å²) in [4.78, 5) is 46.9. The highest BCUT2D eigenvalue weighted by Crippen LogP contribution is 2.28. The van der Waals surface area contributed by atoms with Crippen LogP contribution < -0.4 is 0 Å². The van der Waals surface area contributed by atoms with Gasteiger partial charge in [0.1, 0.15) is 0 Å². The zero-order chi connectivity index (χ0) is 20.1. The van der Waals surface area contributed by atoms with Crippen molar-refractivity contribution in [3.05, 3.63) is 44.0 Å². The molecule has 1 fully saturated rings. The Kier molecular flexibility index (Phi) is 6.43. The van der Waals surface area contributed by atoms with Gasteiger partial charge in [-0.1, -0.05) is 19.8 Å². The van der Waals surface area contributed by atoms with E-state index in [2.05, 4.69) is 0 Å². The Balaban J connectivity index is 2.40. The minimum Gasteiger partial charge on any atom is -0.469 e. The summed E-state index contributed by atoms with van der Waals surface area (Å²) < 4.78 is 4.71. The molecule has 1 aromatic rings. The third kappa shape index (κ3) is 4.78. The van der Waals surface area contributed by atoms with Gasteiger partial charge >= 0.3 is 5.97 Å². The first-order valence-corrected chi connectivity index (χ1v) is 8.57. The molecule has 0 radical (unpaired) electrons. The highest BCUT2D eigenvalue weighted by molar-refractivity contribution is 5.96. The molecule has 1 amide bonds. The van der Waals surface area contributed by atoms with E-state index >= 15 is 0 Å². The Bertz CT molecular complexity index is 727. The molecule has 1 atom stereocenters. The number of esters is 1. The molecule has 0 bridgehead atoms. The van der Waals surface area contributed by atoms with E-state index in [-0.39, 0.29) is 18.2 Å². The number of rotatable bonds is 7. The molecule has 1 aromatic carbocycles. The summed E-state index contributed by atoms with van der Waals surface area (Å²) in [5.74, 6) is -1.63. The molecule has 1 saturated carbocycles. The quantitative estimate of drug-likeness (QED) is 0.404. The predicted octanol–water partition coefficient (Wildman–Crippen LogP) is 2.70. The van der Waals surface area contributed by atoms with E-state index in [1.54, 1.807) is 6.92 Å². The summed E-state index contributed by atoms with van der Waals surface area (Å²) in [6, 6.07) is 2.75. The highest BCUT2D eigenvalue weighted by atomic mass is 16.6.